The van der Waals surface area contributed by atoms with Gasteiger partial charge in [-0.1, -0.05) is 18.2 Å². The molecule has 19 heavy (non-hydrogen) atoms. The summed E-state index contributed by atoms with van der Waals surface area (Å²) in [7, 11) is -4.67. The van der Waals surface area contributed by atoms with E-state index in [9.17, 15) is 0 Å². The highest BCUT2D eigenvalue weighted by atomic mass is 32.3. The van der Waals surface area contributed by atoms with Gasteiger partial charge in [0.2, 0.25) is 5.96 Å². The molecule has 0 aliphatic rings. The molecule has 0 saturated carbocycles. The molecule has 0 heterocycles. The predicted molar refractivity (Wildman–Crippen MR) is 71.3 cm³/mol. The monoisotopic (exact) mass is 291 g/mol. The van der Waals surface area contributed by atoms with E-state index in [1.165, 1.54) is 0 Å². The number of anilines is 1. The summed E-state index contributed by atoms with van der Waals surface area (Å²) >= 11 is 0. The van der Waals surface area contributed by atoms with Crippen molar-refractivity contribution in [1.82, 2.24) is 5.48 Å². The van der Waals surface area contributed by atoms with Crippen LogP contribution in [0.4, 0.5) is 5.69 Å². The van der Waals surface area contributed by atoms with Crippen LogP contribution in [-0.2, 0) is 15.2 Å². The average molecular weight is 291 g/mol. The van der Waals surface area contributed by atoms with Crippen molar-refractivity contribution < 1.29 is 22.4 Å². The molecule has 0 saturated heterocycles. The first-order valence-electron chi connectivity index (χ1n) is 5.20. The molecule has 1 aromatic rings. The highest BCUT2D eigenvalue weighted by Gasteiger charge is 1.97. The fraction of sp³-hybridized carbons (Fsp3) is 0.300. The maximum absolute atomic E-state index is 8.74. The second-order valence-corrected chi connectivity index (χ2v) is 4.48. The largest absolute Gasteiger partial charge is 0.394 e. The predicted octanol–water partition coefficient (Wildman–Crippen LogP) is 1.31. The van der Waals surface area contributed by atoms with Crippen molar-refractivity contribution in [2.45, 2.75) is 20.0 Å². The van der Waals surface area contributed by atoms with Gasteiger partial charge in [-0.25, -0.2) is 5.48 Å². The first kappa shape index (κ1) is 17.3. The van der Waals surface area contributed by atoms with E-state index in [-0.39, 0.29) is 12.1 Å². The van der Waals surface area contributed by atoms with Gasteiger partial charge in [0.25, 0.3) is 0 Å². The van der Waals surface area contributed by atoms with Crippen LogP contribution in [-0.4, -0.2) is 29.6 Å². The van der Waals surface area contributed by atoms with Crippen LogP contribution >= 0.6 is 0 Å². The second kappa shape index (κ2) is 8.43. The number of rotatable bonds is 3. The Morgan fingerprint density at radius 2 is 1.74 bits per heavy atom. The number of nitrogens with one attached hydrogen (secondary N) is 3. The first-order chi connectivity index (χ1) is 8.68. The maximum atomic E-state index is 8.74. The molecule has 0 fully saturated rings. The van der Waals surface area contributed by atoms with Gasteiger partial charge in [-0.2, -0.15) is 8.42 Å². The van der Waals surface area contributed by atoms with Crippen LogP contribution in [0.2, 0.25) is 0 Å². The van der Waals surface area contributed by atoms with Crippen molar-refractivity contribution in [2.75, 3.05) is 5.32 Å². The molecule has 1 rings (SSSR count). The normalized spacial score (nSPS) is 10.4. The molecule has 0 spiro atoms. The van der Waals surface area contributed by atoms with Crippen LogP contribution in [0.5, 0.6) is 0 Å². The van der Waals surface area contributed by atoms with Crippen molar-refractivity contribution in [1.29, 1.82) is 5.41 Å². The fourth-order valence-electron chi connectivity index (χ4n) is 0.868. The topological polar surface area (TPSA) is 132 Å². The van der Waals surface area contributed by atoms with Gasteiger partial charge in [-0.15, -0.1) is 0 Å². The second-order valence-electron chi connectivity index (χ2n) is 3.58. The van der Waals surface area contributed by atoms with Gasteiger partial charge in [0.15, 0.2) is 0 Å². The molecule has 1 aromatic carbocycles. The zero-order valence-corrected chi connectivity index (χ0v) is 11.3. The summed E-state index contributed by atoms with van der Waals surface area (Å²) in [6.07, 6.45) is 0.0490. The molecule has 0 amide bonds. The molecule has 0 radical (unpaired) electrons. The molecular formula is C10H17N3O5S. The van der Waals surface area contributed by atoms with Crippen molar-refractivity contribution in [3.63, 3.8) is 0 Å². The van der Waals surface area contributed by atoms with Crippen molar-refractivity contribution in [2.24, 2.45) is 0 Å². The van der Waals surface area contributed by atoms with Gasteiger partial charge in [0.05, 0.1) is 6.10 Å². The Kier molecular flexibility index (Phi) is 7.68. The lowest BCUT2D eigenvalue weighted by Gasteiger charge is -2.11. The highest BCUT2D eigenvalue weighted by molar-refractivity contribution is 7.79. The molecular weight excluding hydrogens is 274 g/mol. The van der Waals surface area contributed by atoms with Crippen LogP contribution in [0.25, 0.3) is 0 Å². The van der Waals surface area contributed by atoms with E-state index in [0.29, 0.717) is 0 Å². The Hall–Kier alpha value is -1.68. The number of hydrogen-bond donors (Lipinski definition) is 5. The lowest BCUT2D eigenvalue weighted by atomic mass is 10.3. The highest BCUT2D eigenvalue weighted by Crippen LogP contribution is 2.03. The molecule has 0 atom stereocenters. The molecule has 9 heteroatoms. The number of guanidine groups is 1. The SMILES string of the molecule is CC(C)ONC(=N)Nc1ccccc1.O=S(=O)(O)O. The summed E-state index contributed by atoms with van der Waals surface area (Å²) in [4.78, 5) is 5.04. The van der Waals surface area contributed by atoms with E-state index in [1.807, 2.05) is 44.2 Å². The number of hydrogen-bond acceptors (Lipinski definition) is 4. The Labute approximate surface area is 111 Å². The lowest BCUT2D eigenvalue weighted by Crippen LogP contribution is -2.31. The van der Waals surface area contributed by atoms with Crippen LogP contribution in [0.15, 0.2) is 30.3 Å². The third-order valence-corrected chi connectivity index (χ3v) is 1.44. The summed E-state index contributed by atoms with van der Waals surface area (Å²) < 4.78 is 31.6. The minimum atomic E-state index is -4.67. The molecule has 8 nitrogen and oxygen atoms in total. The van der Waals surface area contributed by atoms with Crippen LogP contribution < -0.4 is 10.8 Å². The summed E-state index contributed by atoms with van der Waals surface area (Å²) in [5.41, 5.74) is 3.36. The number of benzene rings is 1. The summed E-state index contributed by atoms with van der Waals surface area (Å²) in [6.45, 7) is 3.78. The third kappa shape index (κ3) is 14.3. The van der Waals surface area contributed by atoms with Crippen LogP contribution in [0, 0.1) is 5.41 Å². The minimum Gasteiger partial charge on any atom is -0.325 e. The molecule has 0 aliphatic carbocycles. The quantitative estimate of drug-likeness (QED) is 0.245. The smallest absolute Gasteiger partial charge is 0.325 e. The van der Waals surface area contributed by atoms with Gasteiger partial charge in [-0.05, 0) is 26.0 Å². The fourth-order valence-corrected chi connectivity index (χ4v) is 0.868. The molecule has 0 bridgehead atoms. The van der Waals surface area contributed by atoms with Crippen LogP contribution in [0.3, 0.4) is 0 Å². The average Bonchev–Trinajstić information content (AvgIpc) is 2.25. The minimum absolute atomic E-state index is 0.0490. The molecule has 0 aromatic heterocycles. The molecule has 108 valence electrons. The maximum Gasteiger partial charge on any atom is 0.394 e. The van der Waals surface area contributed by atoms with E-state index >= 15 is 0 Å². The van der Waals surface area contributed by atoms with Gasteiger partial charge in [0, 0.05) is 5.69 Å². The van der Waals surface area contributed by atoms with E-state index in [1.54, 1.807) is 0 Å². The lowest BCUT2D eigenvalue weighted by molar-refractivity contribution is 0.0327. The van der Waals surface area contributed by atoms with Gasteiger partial charge in [0.1, 0.15) is 0 Å². The first-order valence-corrected chi connectivity index (χ1v) is 6.60. The van der Waals surface area contributed by atoms with E-state index < -0.39 is 10.4 Å². The van der Waals surface area contributed by atoms with Crippen molar-refractivity contribution in [3.8, 4) is 0 Å². The van der Waals surface area contributed by atoms with E-state index in [2.05, 4.69) is 10.8 Å². The van der Waals surface area contributed by atoms with Crippen LogP contribution in [0.1, 0.15) is 13.8 Å². The summed E-state index contributed by atoms with van der Waals surface area (Å²) in [5.74, 6) is 0.130. The van der Waals surface area contributed by atoms with Gasteiger partial charge >= 0.3 is 10.4 Å². The summed E-state index contributed by atoms with van der Waals surface area (Å²) in [6, 6.07) is 9.49. The molecule has 5 N–H and O–H groups in total. The van der Waals surface area contributed by atoms with Crippen molar-refractivity contribution in [3.05, 3.63) is 30.3 Å². The zero-order chi connectivity index (χ0) is 14.9. The Morgan fingerprint density at radius 1 is 1.26 bits per heavy atom. The van der Waals surface area contributed by atoms with Crippen molar-refractivity contribution >= 4 is 22.0 Å². The summed E-state index contributed by atoms with van der Waals surface area (Å²) in [5, 5.41) is 10.3. The van der Waals surface area contributed by atoms with E-state index in [4.69, 9.17) is 27.8 Å². The van der Waals surface area contributed by atoms with Gasteiger partial charge < -0.3 is 5.32 Å². The Bertz CT molecular complexity index is 467. The van der Waals surface area contributed by atoms with Gasteiger partial charge in [-0.3, -0.25) is 19.4 Å². The zero-order valence-electron chi connectivity index (χ0n) is 10.5. The Morgan fingerprint density at radius 3 is 2.16 bits per heavy atom. The molecule has 0 aliphatic heterocycles. The standard InChI is InChI=1S/C10H15N3O.H2O4S/c1-8(2)14-13-10(11)12-9-6-4-3-5-7-9;1-5(2,3)4/h3-8H,1-2H3,(H3,11,12,13);(H2,1,2,3,4). The number of para-hydroxylation sites is 1. The number of hydroxylamine groups is 1. The third-order valence-electron chi connectivity index (χ3n) is 1.44. The molecule has 0 unspecified atom stereocenters. The van der Waals surface area contributed by atoms with E-state index in [0.717, 1.165) is 5.69 Å². The Balaban J connectivity index is 0.000000555.